The molecule has 1 heterocycles. The second kappa shape index (κ2) is 7.39. The normalized spacial score (nSPS) is 10.2. The fourth-order valence-electron chi connectivity index (χ4n) is 2.17. The van der Waals surface area contributed by atoms with Crippen LogP contribution in [0, 0.1) is 5.82 Å². The first kappa shape index (κ1) is 16.4. The molecule has 0 spiro atoms. The molecule has 0 aliphatic rings. The summed E-state index contributed by atoms with van der Waals surface area (Å²) in [6.45, 7) is 0. The van der Waals surface area contributed by atoms with E-state index in [2.05, 4.69) is 20.8 Å². The zero-order valence-corrected chi connectivity index (χ0v) is 13.4. The standard InChI is InChI=1S/C18H15FN4O2/c1-25-16-8-3-2-7-14(16)21-17-10-9-15(22-23-17)18(24)20-13-6-4-5-12(19)11-13/h2-11H,1H3,(H,20,24)(H,21,23). The molecule has 0 saturated heterocycles. The van der Waals surface area contributed by atoms with Gasteiger partial charge < -0.3 is 15.4 Å². The second-order valence-electron chi connectivity index (χ2n) is 5.09. The number of methoxy groups -OCH3 is 1. The van der Waals surface area contributed by atoms with E-state index in [1.165, 1.54) is 24.3 Å². The molecule has 2 N–H and O–H groups in total. The highest BCUT2D eigenvalue weighted by atomic mass is 19.1. The maximum Gasteiger partial charge on any atom is 0.276 e. The van der Waals surface area contributed by atoms with Gasteiger partial charge in [-0.25, -0.2) is 4.39 Å². The van der Waals surface area contributed by atoms with E-state index in [-0.39, 0.29) is 5.69 Å². The summed E-state index contributed by atoms with van der Waals surface area (Å²) < 4.78 is 18.4. The predicted molar refractivity (Wildman–Crippen MR) is 92.7 cm³/mol. The zero-order chi connectivity index (χ0) is 17.6. The van der Waals surface area contributed by atoms with Gasteiger partial charge in [0.25, 0.3) is 5.91 Å². The Morgan fingerprint density at radius 1 is 1.04 bits per heavy atom. The lowest BCUT2D eigenvalue weighted by molar-refractivity contribution is 0.102. The van der Waals surface area contributed by atoms with Crippen LogP contribution >= 0.6 is 0 Å². The molecule has 0 aliphatic carbocycles. The van der Waals surface area contributed by atoms with Crippen molar-refractivity contribution in [1.29, 1.82) is 0 Å². The molecule has 0 unspecified atom stereocenters. The number of amides is 1. The van der Waals surface area contributed by atoms with Crippen molar-refractivity contribution >= 4 is 23.1 Å². The minimum Gasteiger partial charge on any atom is -0.495 e. The molecule has 0 saturated carbocycles. The van der Waals surface area contributed by atoms with Gasteiger partial charge in [0.05, 0.1) is 12.8 Å². The van der Waals surface area contributed by atoms with E-state index in [0.29, 0.717) is 17.3 Å². The number of nitrogens with zero attached hydrogens (tertiary/aromatic N) is 2. The molecule has 25 heavy (non-hydrogen) atoms. The largest absolute Gasteiger partial charge is 0.495 e. The number of rotatable bonds is 5. The molecule has 0 atom stereocenters. The highest BCUT2D eigenvalue weighted by molar-refractivity contribution is 6.02. The molecule has 0 aliphatic heterocycles. The Labute approximate surface area is 143 Å². The number of carbonyl (C=O) groups is 1. The number of anilines is 3. The Hall–Kier alpha value is -3.48. The first-order chi connectivity index (χ1) is 12.2. The third-order valence-corrected chi connectivity index (χ3v) is 3.35. The van der Waals surface area contributed by atoms with Crippen LogP contribution in [0.4, 0.5) is 21.6 Å². The first-order valence-corrected chi connectivity index (χ1v) is 7.46. The lowest BCUT2D eigenvalue weighted by atomic mass is 10.3. The number of hydrogen-bond acceptors (Lipinski definition) is 5. The molecule has 7 heteroatoms. The van der Waals surface area contributed by atoms with Gasteiger partial charge in [-0.3, -0.25) is 4.79 Å². The van der Waals surface area contributed by atoms with Gasteiger partial charge in [-0.15, -0.1) is 10.2 Å². The molecule has 2 aromatic carbocycles. The van der Waals surface area contributed by atoms with Gasteiger partial charge >= 0.3 is 0 Å². The Kier molecular flexibility index (Phi) is 4.84. The fraction of sp³-hybridized carbons (Fsp3) is 0.0556. The topological polar surface area (TPSA) is 76.1 Å². The third kappa shape index (κ3) is 4.08. The van der Waals surface area contributed by atoms with Gasteiger partial charge in [0.15, 0.2) is 11.5 Å². The number of hydrogen-bond donors (Lipinski definition) is 2. The van der Waals surface area contributed by atoms with Crippen LogP contribution in [0.2, 0.25) is 0 Å². The Morgan fingerprint density at radius 3 is 2.60 bits per heavy atom. The van der Waals surface area contributed by atoms with Gasteiger partial charge in [0.1, 0.15) is 11.6 Å². The molecule has 0 radical (unpaired) electrons. The van der Waals surface area contributed by atoms with E-state index in [0.717, 1.165) is 5.69 Å². The molecular formula is C18H15FN4O2. The fourth-order valence-corrected chi connectivity index (χ4v) is 2.17. The minimum absolute atomic E-state index is 0.120. The maximum absolute atomic E-state index is 13.1. The SMILES string of the molecule is COc1ccccc1Nc1ccc(C(=O)Nc2cccc(F)c2)nn1. The van der Waals surface area contributed by atoms with Crippen molar-refractivity contribution in [3.05, 3.63) is 72.2 Å². The molecular weight excluding hydrogens is 323 g/mol. The number of aromatic nitrogens is 2. The number of para-hydroxylation sites is 2. The van der Waals surface area contributed by atoms with Crippen molar-refractivity contribution in [1.82, 2.24) is 10.2 Å². The average molecular weight is 338 g/mol. The van der Waals surface area contributed by atoms with Crippen LogP contribution in [0.25, 0.3) is 0 Å². The smallest absolute Gasteiger partial charge is 0.276 e. The van der Waals surface area contributed by atoms with Crippen LogP contribution < -0.4 is 15.4 Å². The highest BCUT2D eigenvalue weighted by Crippen LogP contribution is 2.25. The van der Waals surface area contributed by atoms with Crippen molar-refractivity contribution in [3.63, 3.8) is 0 Å². The number of ether oxygens (including phenoxy) is 1. The summed E-state index contributed by atoms with van der Waals surface area (Å²) in [5, 5.41) is 13.5. The van der Waals surface area contributed by atoms with Crippen LogP contribution in [0.5, 0.6) is 5.75 Å². The van der Waals surface area contributed by atoms with Crippen LogP contribution in [-0.4, -0.2) is 23.2 Å². The number of benzene rings is 2. The molecule has 3 rings (SSSR count). The van der Waals surface area contributed by atoms with Crippen molar-refractivity contribution in [2.24, 2.45) is 0 Å². The molecule has 1 amide bonds. The van der Waals surface area contributed by atoms with Crippen LogP contribution in [-0.2, 0) is 0 Å². The number of nitrogens with one attached hydrogen (secondary N) is 2. The molecule has 1 aromatic heterocycles. The summed E-state index contributed by atoms with van der Waals surface area (Å²) in [5.41, 5.74) is 1.20. The van der Waals surface area contributed by atoms with Gasteiger partial charge in [0, 0.05) is 5.69 Å². The summed E-state index contributed by atoms with van der Waals surface area (Å²) in [7, 11) is 1.58. The van der Waals surface area contributed by atoms with E-state index >= 15 is 0 Å². The van der Waals surface area contributed by atoms with Gasteiger partial charge in [-0.2, -0.15) is 0 Å². The molecule has 6 nitrogen and oxygen atoms in total. The highest BCUT2D eigenvalue weighted by Gasteiger charge is 2.10. The number of carbonyl (C=O) groups excluding carboxylic acids is 1. The van der Waals surface area contributed by atoms with E-state index in [1.807, 2.05) is 24.3 Å². The lowest BCUT2D eigenvalue weighted by Gasteiger charge is -2.10. The minimum atomic E-state index is -0.470. The average Bonchev–Trinajstić information content (AvgIpc) is 2.63. The van der Waals surface area contributed by atoms with E-state index < -0.39 is 11.7 Å². The van der Waals surface area contributed by atoms with E-state index in [1.54, 1.807) is 19.2 Å². The van der Waals surface area contributed by atoms with Crippen molar-refractivity contribution < 1.29 is 13.9 Å². The van der Waals surface area contributed by atoms with Gasteiger partial charge in [-0.05, 0) is 42.5 Å². The quantitative estimate of drug-likeness (QED) is 0.743. The van der Waals surface area contributed by atoms with Gasteiger partial charge in [0.2, 0.25) is 0 Å². The van der Waals surface area contributed by atoms with Gasteiger partial charge in [-0.1, -0.05) is 18.2 Å². The molecule has 126 valence electrons. The predicted octanol–water partition coefficient (Wildman–Crippen LogP) is 3.62. The molecule has 0 bridgehead atoms. The van der Waals surface area contributed by atoms with Crippen LogP contribution in [0.1, 0.15) is 10.5 Å². The summed E-state index contributed by atoms with van der Waals surface area (Å²) in [6, 6.07) is 16.1. The maximum atomic E-state index is 13.1. The monoisotopic (exact) mass is 338 g/mol. The van der Waals surface area contributed by atoms with Crippen molar-refractivity contribution in [3.8, 4) is 5.75 Å². The van der Waals surface area contributed by atoms with E-state index in [4.69, 9.17) is 4.74 Å². The number of halogens is 1. The Morgan fingerprint density at radius 2 is 1.88 bits per heavy atom. The van der Waals surface area contributed by atoms with Crippen molar-refractivity contribution in [2.75, 3.05) is 17.7 Å². The van der Waals surface area contributed by atoms with Crippen LogP contribution in [0.3, 0.4) is 0 Å². The summed E-state index contributed by atoms with van der Waals surface area (Å²) in [5.74, 6) is 0.228. The molecule has 3 aromatic rings. The Bertz CT molecular complexity index is 884. The van der Waals surface area contributed by atoms with Crippen LogP contribution in [0.15, 0.2) is 60.7 Å². The Balaban J connectivity index is 1.70. The summed E-state index contributed by atoms with van der Waals surface area (Å²) in [4.78, 5) is 12.1. The zero-order valence-electron chi connectivity index (χ0n) is 13.4. The van der Waals surface area contributed by atoms with E-state index in [9.17, 15) is 9.18 Å². The van der Waals surface area contributed by atoms with Crippen molar-refractivity contribution in [2.45, 2.75) is 0 Å². The molecule has 0 fully saturated rings. The second-order valence-corrected chi connectivity index (χ2v) is 5.09. The summed E-state index contributed by atoms with van der Waals surface area (Å²) >= 11 is 0. The first-order valence-electron chi connectivity index (χ1n) is 7.46. The lowest BCUT2D eigenvalue weighted by Crippen LogP contribution is -2.14. The third-order valence-electron chi connectivity index (χ3n) is 3.35. The summed E-state index contributed by atoms with van der Waals surface area (Å²) in [6.07, 6.45) is 0.